The number of nitrogen functional groups attached to an aromatic ring is 1. The molecule has 246 valence electrons. The topological polar surface area (TPSA) is 134 Å². The van der Waals surface area contributed by atoms with Crippen LogP contribution >= 0.6 is 0 Å². The smallest absolute Gasteiger partial charge is 0.251 e. The van der Waals surface area contributed by atoms with Crippen molar-refractivity contribution in [3.8, 4) is 0 Å². The first-order valence-electron chi connectivity index (χ1n) is 16.4. The van der Waals surface area contributed by atoms with Crippen LogP contribution in [0.25, 0.3) is 0 Å². The first kappa shape index (κ1) is 39.1. The van der Waals surface area contributed by atoms with E-state index in [1.54, 1.807) is 18.2 Å². The Balaban J connectivity index is 0.000000567. The van der Waals surface area contributed by atoms with E-state index < -0.39 is 0 Å². The van der Waals surface area contributed by atoms with E-state index in [-0.39, 0.29) is 11.9 Å². The highest BCUT2D eigenvalue weighted by atomic mass is 16.1. The van der Waals surface area contributed by atoms with Crippen LogP contribution in [0, 0.1) is 24.2 Å². The van der Waals surface area contributed by atoms with Crippen molar-refractivity contribution in [1.29, 1.82) is 5.41 Å². The summed E-state index contributed by atoms with van der Waals surface area (Å²) in [4.78, 5) is 22.9. The zero-order valence-corrected chi connectivity index (χ0v) is 28.4. The van der Waals surface area contributed by atoms with Crippen molar-refractivity contribution in [3.05, 3.63) is 101 Å². The molecule has 7 heteroatoms. The van der Waals surface area contributed by atoms with Crippen molar-refractivity contribution in [1.82, 2.24) is 10.6 Å². The molecule has 0 bridgehead atoms. The Morgan fingerprint density at radius 3 is 2.07 bits per heavy atom. The Morgan fingerprint density at radius 1 is 0.956 bits per heavy atom. The predicted octanol–water partition coefficient (Wildman–Crippen LogP) is 7.81. The molecule has 0 spiro atoms. The summed E-state index contributed by atoms with van der Waals surface area (Å²) >= 11 is 0. The SMILES string of the molecule is CCC(C)CCNC=O.CCCC.CN.Cc1ccc(C(=N)c2cc(C(=O)NC(c3ccccc3)C3CCC3)ccc2N)cc1. The summed E-state index contributed by atoms with van der Waals surface area (Å²) < 4.78 is 0. The summed E-state index contributed by atoms with van der Waals surface area (Å²) in [7, 11) is 1.50. The molecule has 0 saturated heterocycles. The highest BCUT2D eigenvalue weighted by Gasteiger charge is 2.30. The van der Waals surface area contributed by atoms with Crippen LogP contribution in [-0.2, 0) is 4.79 Å². The van der Waals surface area contributed by atoms with E-state index in [4.69, 9.17) is 11.1 Å². The zero-order valence-electron chi connectivity index (χ0n) is 28.4. The number of carbonyl (C=O) groups is 2. The minimum Gasteiger partial charge on any atom is -0.398 e. The van der Waals surface area contributed by atoms with Gasteiger partial charge >= 0.3 is 0 Å². The van der Waals surface area contributed by atoms with Crippen molar-refractivity contribution in [3.63, 3.8) is 0 Å². The van der Waals surface area contributed by atoms with Gasteiger partial charge in [-0.1, -0.05) is 114 Å². The lowest BCUT2D eigenvalue weighted by molar-refractivity contribution is -0.109. The predicted molar refractivity (Wildman–Crippen MR) is 191 cm³/mol. The second kappa shape index (κ2) is 22.5. The molecule has 0 aromatic heterocycles. The molecule has 45 heavy (non-hydrogen) atoms. The normalized spacial score (nSPS) is 13.0. The standard InChI is InChI=1S/C26H27N3O.C7H15NO.C4H10.CH5N/c1-17-10-12-18(13-11-17)24(28)22-16-21(14-15-23(22)27)26(30)29-25(20-8-5-9-20)19-6-3-2-4-7-19;1-3-7(2)4-5-8-6-9;1-3-4-2;1-2/h2-4,6-7,10-16,20,25,28H,5,8-9,27H2,1H3,(H,29,30);6-7H,3-5H2,1-2H3,(H,8,9);3-4H2,1-2H3;2H2,1H3. The van der Waals surface area contributed by atoms with Gasteiger partial charge in [-0.25, -0.2) is 0 Å². The summed E-state index contributed by atoms with van der Waals surface area (Å²) in [6.07, 6.45) is 9.15. The van der Waals surface area contributed by atoms with Gasteiger partial charge in [-0.15, -0.1) is 0 Å². The van der Waals surface area contributed by atoms with Crippen molar-refractivity contribution in [2.24, 2.45) is 17.6 Å². The molecule has 1 saturated carbocycles. The second-order valence-corrected chi connectivity index (χ2v) is 11.5. The van der Waals surface area contributed by atoms with Crippen LogP contribution in [0.15, 0.2) is 72.8 Å². The van der Waals surface area contributed by atoms with Crippen molar-refractivity contribution < 1.29 is 9.59 Å². The molecule has 2 atom stereocenters. The molecule has 3 aromatic rings. The molecule has 7 N–H and O–H groups in total. The van der Waals surface area contributed by atoms with E-state index in [9.17, 15) is 9.59 Å². The fourth-order valence-electron chi connectivity index (χ4n) is 4.51. The second-order valence-electron chi connectivity index (χ2n) is 11.5. The summed E-state index contributed by atoms with van der Waals surface area (Å²) in [5.74, 6) is 1.07. The molecule has 7 nitrogen and oxygen atoms in total. The number of rotatable bonds is 12. The number of unbranched alkanes of at least 4 members (excludes halogenated alkanes) is 1. The lowest BCUT2D eigenvalue weighted by Gasteiger charge is -2.34. The number of aryl methyl sites for hydroxylation is 1. The monoisotopic (exact) mass is 615 g/mol. The molecule has 1 aliphatic rings. The number of amides is 2. The van der Waals surface area contributed by atoms with Crippen LogP contribution in [0.3, 0.4) is 0 Å². The Morgan fingerprint density at radius 2 is 1.56 bits per heavy atom. The number of anilines is 1. The lowest BCUT2D eigenvalue weighted by Crippen LogP contribution is -2.36. The Bertz CT molecular complexity index is 1250. The fraction of sp³-hybridized carbons (Fsp3) is 0.447. The van der Waals surface area contributed by atoms with Gasteiger partial charge in [-0.05, 0) is 68.8 Å². The van der Waals surface area contributed by atoms with Gasteiger partial charge in [0, 0.05) is 28.9 Å². The number of hydrogen-bond donors (Lipinski definition) is 5. The maximum Gasteiger partial charge on any atom is 0.251 e. The van der Waals surface area contributed by atoms with Crippen molar-refractivity contribution in [2.75, 3.05) is 19.3 Å². The van der Waals surface area contributed by atoms with Gasteiger partial charge in [-0.2, -0.15) is 0 Å². The van der Waals surface area contributed by atoms with Crippen LogP contribution in [0.5, 0.6) is 0 Å². The summed E-state index contributed by atoms with van der Waals surface area (Å²) in [5.41, 5.74) is 15.6. The first-order chi connectivity index (χ1) is 21.7. The summed E-state index contributed by atoms with van der Waals surface area (Å²) in [6.45, 7) is 11.5. The fourth-order valence-corrected chi connectivity index (χ4v) is 4.51. The molecular weight excluding hydrogens is 558 g/mol. The van der Waals surface area contributed by atoms with Gasteiger partial charge < -0.3 is 22.1 Å². The van der Waals surface area contributed by atoms with E-state index in [0.29, 0.717) is 28.4 Å². The maximum absolute atomic E-state index is 13.1. The van der Waals surface area contributed by atoms with Gasteiger partial charge in [0.2, 0.25) is 6.41 Å². The molecule has 2 amide bonds. The molecule has 4 rings (SSSR count). The minimum atomic E-state index is -0.131. The van der Waals surface area contributed by atoms with Crippen molar-refractivity contribution in [2.45, 2.75) is 85.6 Å². The summed E-state index contributed by atoms with van der Waals surface area (Å²) in [6, 6.07) is 23.1. The first-order valence-corrected chi connectivity index (χ1v) is 16.4. The zero-order chi connectivity index (χ0) is 33.6. The largest absolute Gasteiger partial charge is 0.398 e. The van der Waals surface area contributed by atoms with E-state index in [0.717, 1.165) is 54.8 Å². The van der Waals surface area contributed by atoms with Gasteiger partial charge in [-0.3, -0.25) is 15.0 Å². The number of nitrogens with two attached hydrogens (primary N) is 2. The van der Waals surface area contributed by atoms with Crippen LogP contribution in [-0.4, -0.2) is 31.6 Å². The number of hydrogen-bond acceptors (Lipinski definition) is 5. The van der Waals surface area contributed by atoms with Gasteiger partial charge in [0.15, 0.2) is 0 Å². The van der Waals surface area contributed by atoms with E-state index >= 15 is 0 Å². The van der Waals surface area contributed by atoms with E-state index in [1.165, 1.54) is 32.7 Å². The molecular formula is C38H57N5O2. The molecule has 3 aromatic carbocycles. The van der Waals surface area contributed by atoms with Gasteiger partial charge in [0.25, 0.3) is 5.91 Å². The highest BCUT2D eigenvalue weighted by Crippen LogP contribution is 2.38. The van der Waals surface area contributed by atoms with Crippen LogP contribution < -0.4 is 22.1 Å². The Labute approximate surface area is 272 Å². The minimum absolute atomic E-state index is 0.00463. The molecule has 2 unspecified atom stereocenters. The lowest BCUT2D eigenvalue weighted by atomic mass is 9.77. The average Bonchev–Trinajstić information content (AvgIpc) is 3.05. The van der Waals surface area contributed by atoms with Gasteiger partial charge in [0.1, 0.15) is 0 Å². The third-order valence-electron chi connectivity index (χ3n) is 8.05. The van der Waals surface area contributed by atoms with Crippen LogP contribution in [0.2, 0.25) is 0 Å². The molecule has 0 heterocycles. The number of carbonyl (C=O) groups excluding carboxylic acids is 2. The number of nitrogens with one attached hydrogen (secondary N) is 3. The third-order valence-corrected chi connectivity index (χ3v) is 8.05. The summed E-state index contributed by atoms with van der Waals surface area (Å²) in [5, 5.41) is 14.5. The molecule has 0 radical (unpaired) electrons. The Hall–Kier alpha value is -3.97. The van der Waals surface area contributed by atoms with Crippen LogP contribution in [0.4, 0.5) is 5.69 Å². The Kier molecular flexibility index (Phi) is 19.5. The average molecular weight is 616 g/mol. The maximum atomic E-state index is 13.1. The third kappa shape index (κ3) is 13.7. The van der Waals surface area contributed by atoms with E-state index in [1.807, 2.05) is 49.4 Å². The molecule has 1 fully saturated rings. The van der Waals surface area contributed by atoms with Gasteiger partial charge in [0.05, 0.1) is 11.8 Å². The number of benzene rings is 3. The van der Waals surface area contributed by atoms with Crippen LogP contribution in [0.1, 0.15) is 111 Å². The molecule has 1 aliphatic carbocycles. The quantitative estimate of drug-likeness (QED) is 0.0615. The van der Waals surface area contributed by atoms with Crippen molar-refractivity contribution >= 4 is 23.7 Å². The molecule has 0 aliphatic heterocycles. The highest BCUT2D eigenvalue weighted by molar-refractivity contribution is 6.14. The van der Waals surface area contributed by atoms with E-state index in [2.05, 4.69) is 56.2 Å².